The highest BCUT2D eigenvalue weighted by atomic mass is 16.5. The predicted molar refractivity (Wildman–Crippen MR) is 63.6 cm³/mol. The van der Waals surface area contributed by atoms with Crippen LogP contribution in [-0.4, -0.2) is 36.5 Å². The SMILES string of the molecule is CNC(C)Cc1cc(C2CCOCC2)n[nH]1. The average Bonchev–Trinajstić information content (AvgIpc) is 2.78. The van der Waals surface area contributed by atoms with Crippen molar-refractivity contribution < 1.29 is 4.74 Å². The van der Waals surface area contributed by atoms with Gasteiger partial charge in [0.05, 0.1) is 5.69 Å². The Morgan fingerprint density at radius 3 is 3.00 bits per heavy atom. The molecule has 90 valence electrons. The Balaban J connectivity index is 1.95. The molecule has 1 aliphatic heterocycles. The molecule has 0 aromatic carbocycles. The number of H-pyrrole nitrogens is 1. The third-order valence-electron chi connectivity index (χ3n) is 3.31. The van der Waals surface area contributed by atoms with Gasteiger partial charge in [-0.15, -0.1) is 0 Å². The lowest BCUT2D eigenvalue weighted by Crippen LogP contribution is -2.23. The Bertz CT molecular complexity index is 318. The van der Waals surface area contributed by atoms with Gasteiger partial charge >= 0.3 is 0 Å². The third-order valence-corrected chi connectivity index (χ3v) is 3.31. The van der Waals surface area contributed by atoms with Crippen LogP contribution in [0.5, 0.6) is 0 Å². The summed E-state index contributed by atoms with van der Waals surface area (Å²) in [6.07, 6.45) is 3.21. The van der Waals surface area contributed by atoms with Crippen LogP contribution in [0.15, 0.2) is 6.07 Å². The number of ether oxygens (including phenoxy) is 1. The van der Waals surface area contributed by atoms with Gasteiger partial charge in [0.1, 0.15) is 0 Å². The van der Waals surface area contributed by atoms with Gasteiger partial charge in [-0.3, -0.25) is 5.10 Å². The number of aromatic nitrogens is 2. The van der Waals surface area contributed by atoms with Gasteiger partial charge < -0.3 is 10.1 Å². The molecular weight excluding hydrogens is 202 g/mol. The van der Waals surface area contributed by atoms with E-state index in [9.17, 15) is 0 Å². The van der Waals surface area contributed by atoms with Crippen LogP contribution in [0.2, 0.25) is 0 Å². The minimum absolute atomic E-state index is 0.489. The van der Waals surface area contributed by atoms with Gasteiger partial charge in [-0.25, -0.2) is 0 Å². The van der Waals surface area contributed by atoms with Crippen LogP contribution in [-0.2, 0) is 11.2 Å². The van der Waals surface area contributed by atoms with E-state index in [0.29, 0.717) is 12.0 Å². The first-order valence-corrected chi connectivity index (χ1v) is 6.08. The zero-order valence-corrected chi connectivity index (χ0v) is 10.1. The minimum atomic E-state index is 0.489. The summed E-state index contributed by atoms with van der Waals surface area (Å²) >= 11 is 0. The molecule has 2 N–H and O–H groups in total. The summed E-state index contributed by atoms with van der Waals surface area (Å²) in [6, 6.07) is 2.70. The first-order valence-electron chi connectivity index (χ1n) is 6.08. The van der Waals surface area contributed by atoms with Gasteiger partial charge in [-0.2, -0.15) is 5.10 Å². The van der Waals surface area contributed by atoms with Crippen LogP contribution in [0.4, 0.5) is 0 Å². The molecule has 1 saturated heterocycles. The summed E-state index contributed by atoms with van der Waals surface area (Å²) in [5, 5.41) is 10.8. The maximum Gasteiger partial charge on any atom is 0.0657 e. The molecule has 0 saturated carbocycles. The molecule has 1 aromatic rings. The van der Waals surface area contributed by atoms with Crippen molar-refractivity contribution in [3.63, 3.8) is 0 Å². The van der Waals surface area contributed by atoms with Crippen molar-refractivity contribution in [2.45, 2.75) is 38.1 Å². The fourth-order valence-electron chi connectivity index (χ4n) is 2.12. The van der Waals surface area contributed by atoms with Crippen LogP contribution < -0.4 is 5.32 Å². The summed E-state index contributed by atoms with van der Waals surface area (Å²) in [5.41, 5.74) is 2.44. The molecule has 4 heteroatoms. The Morgan fingerprint density at radius 2 is 2.31 bits per heavy atom. The van der Waals surface area contributed by atoms with Crippen molar-refractivity contribution in [3.8, 4) is 0 Å². The summed E-state index contributed by atoms with van der Waals surface area (Å²) < 4.78 is 5.36. The van der Waals surface area contributed by atoms with E-state index in [-0.39, 0.29) is 0 Å². The lowest BCUT2D eigenvalue weighted by molar-refractivity contribution is 0.0845. The molecule has 2 rings (SSSR count). The molecular formula is C12H21N3O. The molecule has 0 radical (unpaired) electrons. The fourth-order valence-corrected chi connectivity index (χ4v) is 2.12. The predicted octanol–water partition coefficient (Wildman–Crippen LogP) is 1.45. The van der Waals surface area contributed by atoms with Crippen LogP contribution in [0.25, 0.3) is 0 Å². The standard InChI is InChI=1S/C12H21N3O/c1-9(13-2)7-11-8-12(15-14-11)10-3-5-16-6-4-10/h8-10,13H,3-7H2,1-2H3,(H,14,15). The monoisotopic (exact) mass is 223 g/mol. The maximum absolute atomic E-state index is 5.36. The summed E-state index contributed by atoms with van der Waals surface area (Å²) in [6.45, 7) is 3.93. The van der Waals surface area contributed by atoms with Gasteiger partial charge in [0.25, 0.3) is 0 Å². The van der Waals surface area contributed by atoms with E-state index < -0.39 is 0 Å². The van der Waals surface area contributed by atoms with E-state index in [1.165, 1.54) is 11.4 Å². The Morgan fingerprint density at radius 1 is 1.56 bits per heavy atom. The molecule has 1 unspecified atom stereocenters. The zero-order chi connectivity index (χ0) is 11.4. The van der Waals surface area contributed by atoms with Crippen molar-refractivity contribution in [2.75, 3.05) is 20.3 Å². The van der Waals surface area contributed by atoms with E-state index in [1.54, 1.807) is 0 Å². The summed E-state index contributed by atoms with van der Waals surface area (Å²) in [4.78, 5) is 0. The molecule has 1 aliphatic rings. The number of rotatable bonds is 4. The lowest BCUT2D eigenvalue weighted by atomic mass is 9.96. The average molecular weight is 223 g/mol. The summed E-state index contributed by atoms with van der Waals surface area (Å²) in [7, 11) is 1.99. The Kier molecular flexibility index (Phi) is 3.96. The third kappa shape index (κ3) is 2.83. The second kappa shape index (κ2) is 5.46. The molecule has 4 nitrogen and oxygen atoms in total. The van der Waals surface area contributed by atoms with Gasteiger partial charge in [0, 0.05) is 37.3 Å². The molecule has 0 amide bonds. The van der Waals surface area contributed by atoms with Gasteiger partial charge in [0.15, 0.2) is 0 Å². The van der Waals surface area contributed by atoms with E-state index in [2.05, 4.69) is 28.5 Å². The number of nitrogens with one attached hydrogen (secondary N) is 2. The highest BCUT2D eigenvalue weighted by Crippen LogP contribution is 2.25. The van der Waals surface area contributed by atoms with Crippen molar-refractivity contribution in [2.24, 2.45) is 0 Å². The molecule has 2 heterocycles. The van der Waals surface area contributed by atoms with Crippen LogP contribution >= 0.6 is 0 Å². The van der Waals surface area contributed by atoms with Crippen LogP contribution in [0.3, 0.4) is 0 Å². The molecule has 1 aromatic heterocycles. The summed E-state index contributed by atoms with van der Waals surface area (Å²) in [5.74, 6) is 0.587. The van der Waals surface area contributed by atoms with Gasteiger partial charge in [-0.1, -0.05) is 0 Å². The zero-order valence-electron chi connectivity index (χ0n) is 10.1. The molecule has 0 aliphatic carbocycles. The second-order valence-corrected chi connectivity index (χ2v) is 4.60. The normalized spacial score (nSPS) is 19.9. The van der Waals surface area contributed by atoms with Crippen molar-refractivity contribution in [1.29, 1.82) is 0 Å². The quantitative estimate of drug-likeness (QED) is 0.812. The highest BCUT2D eigenvalue weighted by molar-refractivity contribution is 5.14. The Labute approximate surface area is 96.8 Å². The van der Waals surface area contributed by atoms with E-state index in [0.717, 1.165) is 32.5 Å². The van der Waals surface area contributed by atoms with E-state index in [4.69, 9.17) is 4.74 Å². The molecule has 16 heavy (non-hydrogen) atoms. The molecule has 1 fully saturated rings. The molecule has 0 bridgehead atoms. The minimum Gasteiger partial charge on any atom is -0.381 e. The number of hydrogen-bond acceptors (Lipinski definition) is 3. The number of nitrogens with zero attached hydrogens (tertiary/aromatic N) is 1. The number of likely N-dealkylation sites (N-methyl/N-ethyl adjacent to an activating group) is 1. The first kappa shape index (κ1) is 11.6. The second-order valence-electron chi connectivity index (χ2n) is 4.60. The highest BCUT2D eigenvalue weighted by Gasteiger charge is 2.18. The number of aromatic amines is 1. The van der Waals surface area contributed by atoms with Crippen molar-refractivity contribution in [1.82, 2.24) is 15.5 Å². The maximum atomic E-state index is 5.36. The lowest BCUT2D eigenvalue weighted by Gasteiger charge is -2.19. The van der Waals surface area contributed by atoms with E-state index in [1.807, 2.05) is 7.05 Å². The Hall–Kier alpha value is -0.870. The van der Waals surface area contributed by atoms with Crippen LogP contribution in [0.1, 0.15) is 37.1 Å². The molecule has 1 atom stereocenters. The van der Waals surface area contributed by atoms with Gasteiger partial charge in [0.2, 0.25) is 0 Å². The van der Waals surface area contributed by atoms with E-state index >= 15 is 0 Å². The fraction of sp³-hybridized carbons (Fsp3) is 0.750. The molecule has 0 spiro atoms. The van der Waals surface area contributed by atoms with Crippen LogP contribution in [0, 0.1) is 0 Å². The smallest absolute Gasteiger partial charge is 0.0657 e. The topological polar surface area (TPSA) is 49.9 Å². The number of hydrogen-bond donors (Lipinski definition) is 2. The largest absolute Gasteiger partial charge is 0.381 e. The first-order chi connectivity index (χ1) is 7.79. The van der Waals surface area contributed by atoms with Crippen molar-refractivity contribution >= 4 is 0 Å². The van der Waals surface area contributed by atoms with Gasteiger partial charge in [-0.05, 0) is 32.9 Å². The van der Waals surface area contributed by atoms with Crippen molar-refractivity contribution in [3.05, 3.63) is 17.5 Å².